The van der Waals surface area contributed by atoms with Crippen LogP contribution >= 0.6 is 0 Å². The van der Waals surface area contributed by atoms with Crippen LogP contribution in [0, 0.1) is 17.8 Å². The highest BCUT2D eigenvalue weighted by Crippen LogP contribution is 2.49. The molecule has 0 aromatic carbocycles. The molecule has 0 aliphatic heterocycles. The smallest absolute Gasteiger partial charge is 0.322 e. The number of nitrogens with two attached hydrogens (primary N) is 1. The Morgan fingerprint density at radius 3 is 2.60 bits per heavy atom. The van der Waals surface area contributed by atoms with Crippen molar-refractivity contribution < 1.29 is 4.74 Å². The van der Waals surface area contributed by atoms with Crippen LogP contribution in [0.4, 0.5) is 11.9 Å². The van der Waals surface area contributed by atoms with Gasteiger partial charge in [0.05, 0.1) is 7.11 Å². The van der Waals surface area contributed by atoms with Gasteiger partial charge in [-0.3, -0.25) is 5.43 Å². The van der Waals surface area contributed by atoms with Crippen LogP contribution in [0.15, 0.2) is 0 Å². The first-order valence-corrected chi connectivity index (χ1v) is 7.22. The van der Waals surface area contributed by atoms with E-state index in [0.717, 1.165) is 11.8 Å². The molecule has 1 heterocycles. The number of ether oxygens (including phenoxy) is 1. The molecule has 1 aromatic heterocycles. The van der Waals surface area contributed by atoms with Crippen molar-refractivity contribution in [2.75, 3.05) is 17.9 Å². The van der Waals surface area contributed by atoms with E-state index in [1.54, 1.807) is 0 Å². The fraction of sp³-hybridized carbons (Fsp3) is 0.769. The van der Waals surface area contributed by atoms with Crippen LogP contribution in [-0.4, -0.2) is 28.1 Å². The highest BCUT2D eigenvalue weighted by molar-refractivity contribution is 5.35. The number of rotatable bonds is 5. The van der Waals surface area contributed by atoms with Crippen molar-refractivity contribution in [3.8, 4) is 6.01 Å². The average Bonchev–Trinajstić information content (AvgIpc) is 3.09. The van der Waals surface area contributed by atoms with Crippen molar-refractivity contribution >= 4 is 11.9 Å². The zero-order valence-electron chi connectivity index (χ0n) is 12.0. The second-order valence-corrected chi connectivity index (χ2v) is 5.89. The van der Waals surface area contributed by atoms with Gasteiger partial charge in [0.1, 0.15) is 0 Å². The lowest BCUT2D eigenvalue weighted by Gasteiger charge is -2.28. The summed E-state index contributed by atoms with van der Waals surface area (Å²) in [5.74, 6) is 8.68. The second-order valence-electron chi connectivity index (χ2n) is 5.89. The lowest BCUT2D eigenvalue weighted by Crippen LogP contribution is -2.31. The SMILES string of the molecule is COc1nc(NN)nc(NC(C)C2CC3CCC2C3)n1. The molecule has 2 fully saturated rings. The first-order chi connectivity index (χ1) is 9.69. The Balaban J connectivity index is 1.70. The van der Waals surface area contributed by atoms with E-state index in [9.17, 15) is 0 Å². The summed E-state index contributed by atoms with van der Waals surface area (Å²) in [7, 11) is 1.53. The Kier molecular flexibility index (Phi) is 3.60. The van der Waals surface area contributed by atoms with E-state index in [1.165, 1.54) is 32.8 Å². The molecular weight excluding hydrogens is 256 g/mol. The summed E-state index contributed by atoms with van der Waals surface area (Å²) in [6.07, 6.45) is 5.50. The Bertz CT molecular complexity index is 460. The molecule has 2 saturated carbocycles. The van der Waals surface area contributed by atoms with Gasteiger partial charge in [-0.2, -0.15) is 15.0 Å². The molecule has 2 aliphatic rings. The topological polar surface area (TPSA) is 98.0 Å². The molecular formula is C13H22N6O. The first kappa shape index (κ1) is 13.4. The molecule has 7 nitrogen and oxygen atoms in total. The maximum atomic E-state index is 5.36. The molecule has 7 heteroatoms. The summed E-state index contributed by atoms with van der Waals surface area (Å²) in [6.45, 7) is 2.21. The molecule has 110 valence electrons. The van der Waals surface area contributed by atoms with E-state index in [1.807, 2.05) is 0 Å². The number of aromatic nitrogens is 3. The number of nitrogens with one attached hydrogen (secondary N) is 2. The van der Waals surface area contributed by atoms with Crippen molar-refractivity contribution in [2.24, 2.45) is 23.6 Å². The van der Waals surface area contributed by atoms with Crippen LogP contribution in [0.2, 0.25) is 0 Å². The van der Waals surface area contributed by atoms with Crippen LogP contribution < -0.4 is 21.3 Å². The second kappa shape index (κ2) is 5.40. The first-order valence-electron chi connectivity index (χ1n) is 7.22. The minimum absolute atomic E-state index is 0.260. The Hall–Kier alpha value is -1.63. The summed E-state index contributed by atoms with van der Waals surface area (Å²) in [5.41, 5.74) is 2.43. The van der Waals surface area contributed by atoms with E-state index in [4.69, 9.17) is 10.6 Å². The Labute approximate surface area is 118 Å². The summed E-state index contributed by atoms with van der Waals surface area (Å²) in [5, 5.41) is 3.38. The van der Waals surface area contributed by atoms with Gasteiger partial charge in [0.15, 0.2) is 0 Å². The summed E-state index contributed by atoms with van der Waals surface area (Å²) in [6, 6.07) is 0.610. The van der Waals surface area contributed by atoms with E-state index in [0.29, 0.717) is 23.9 Å². The van der Waals surface area contributed by atoms with Gasteiger partial charge in [-0.15, -0.1) is 0 Å². The van der Waals surface area contributed by atoms with E-state index < -0.39 is 0 Å². The predicted octanol–water partition coefficient (Wildman–Crippen LogP) is 1.40. The standard InChI is InChI=1S/C13H22N6O/c1-7(10-6-8-3-4-9(10)5-8)15-11-16-12(19-14)18-13(17-11)20-2/h7-10H,3-6,14H2,1-2H3,(H2,15,16,17,18,19). The largest absolute Gasteiger partial charge is 0.467 e. The van der Waals surface area contributed by atoms with Crippen LogP contribution in [0.5, 0.6) is 6.01 Å². The number of hydrogen-bond acceptors (Lipinski definition) is 7. The molecule has 2 bridgehead atoms. The molecule has 3 rings (SSSR count). The molecule has 0 amide bonds. The molecule has 4 unspecified atom stereocenters. The maximum Gasteiger partial charge on any atom is 0.322 e. The van der Waals surface area contributed by atoms with E-state index in [2.05, 4.69) is 32.6 Å². The molecule has 0 radical (unpaired) electrons. The van der Waals surface area contributed by atoms with E-state index in [-0.39, 0.29) is 6.01 Å². The van der Waals surface area contributed by atoms with Gasteiger partial charge in [0.25, 0.3) is 0 Å². The van der Waals surface area contributed by atoms with Crippen molar-refractivity contribution in [1.29, 1.82) is 0 Å². The third-order valence-electron chi connectivity index (χ3n) is 4.72. The molecule has 1 aromatic rings. The minimum Gasteiger partial charge on any atom is -0.467 e. The monoisotopic (exact) mass is 278 g/mol. The number of methoxy groups -OCH3 is 1. The molecule has 0 spiro atoms. The average molecular weight is 278 g/mol. The molecule has 0 saturated heterocycles. The van der Waals surface area contributed by atoms with Crippen molar-refractivity contribution in [1.82, 2.24) is 15.0 Å². The van der Waals surface area contributed by atoms with Crippen LogP contribution in [0.3, 0.4) is 0 Å². The number of nitrogen functional groups attached to an aromatic ring is 1. The fourth-order valence-electron chi connectivity index (χ4n) is 3.79. The van der Waals surface area contributed by atoms with E-state index >= 15 is 0 Å². The minimum atomic E-state index is 0.260. The van der Waals surface area contributed by atoms with Crippen LogP contribution in [0.1, 0.15) is 32.6 Å². The van der Waals surface area contributed by atoms with Gasteiger partial charge >= 0.3 is 6.01 Å². The Morgan fingerprint density at radius 2 is 2.00 bits per heavy atom. The van der Waals surface area contributed by atoms with Crippen LogP contribution in [-0.2, 0) is 0 Å². The number of nitrogens with zero attached hydrogens (tertiary/aromatic N) is 3. The molecule has 4 atom stereocenters. The summed E-state index contributed by atoms with van der Waals surface area (Å²) >= 11 is 0. The van der Waals surface area contributed by atoms with Gasteiger partial charge in [-0.1, -0.05) is 6.42 Å². The fourth-order valence-corrected chi connectivity index (χ4v) is 3.79. The quantitative estimate of drug-likeness (QED) is 0.553. The molecule has 4 N–H and O–H groups in total. The third kappa shape index (κ3) is 2.49. The number of hydrogen-bond donors (Lipinski definition) is 3. The van der Waals surface area contributed by atoms with Gasteiger partial charge in [-0.25, -0.2) is 5.84 Å². The zero-order chi connectivity index (χ0) is 14.1. The lowest BCUT2D eigenvalue weighted by molar-refractivity contribution is 0.303. The van der Waals surface area contributed by atoms with Gasteiger partial charge in [-0.05, 0) is 43.9 Å². The predicted molar refractivity (Wildman–Crippen MR) is 76.2 cm³/mol. The Morgan fingerprint density at radius 1 is 1.20 bits per heavy atom. The lowest BCUT2D eigenvalue weighted by atomic mass is 9.84. The van der Waals surface area contributed by atoms with Crippen LogP contribution in [0.25, 0.3) is 0 Å². The van der Waals surface area contributed by atoms with Crippen molar-refractivity contribution in [3.63, 3.8) is 0 Å². The van der Waals surface area contributed by atoms with Crippen molar-refractivity contribution in [3.05, 3.63) is 0 Å². The maximum absolute atomic E-state index is 5.36. The zero-order valence-corrected chi connectivity index (χ0v) is 12.0. The highest BCUT2D eigenvalue weighted by atomic mass is 16.5. The van der Waals surface area contributed by atoms with Crippen molar-refractivity contribution in [2.45, 2.75) is 38.6 Å². The third-order valence-corrected chi connectivity index (χ3v) is 4.72. The highest BCUT2D eigenvalue weighted by Gasteiger charge is 2.41. The normalized spacial score (nSPS) is 29.2. The summed E-state index contributed by atoms with van der Waals surface area (Å²) in [4.78, 5) is 12.4. The van der Waals surface area contributed by atoms with Gasteiger partial charge in [0.2, 0.25) is 11.9 Å². The van der Waals surface area contributed by atoms with Gasteiger partial charge in [0, 0.05) is 6.04 Å². The molecule has 2 aliphatic carbocycles. The molecule has 20 heavy (non-hydrogen) atoms. The number of anilines is 2. The summed E-state index contributed by atoms with van der Waals surface area (Å²) < 4.78 is 5.06. The number of hydrazine groups is 1. The number of fused-ring (bicyclic) bond motifs is 2. The van der Waals surface area contributed by atoms with Gasteiger partial charge < -0.3 is 10.1 Å².